The van der Waals surface area contributed by atoms with Crippen LogP contribution in [-0.4, -0.2) is 60.5 Å². The van der Waals surface area contributed by atoms with Gasteiger partial charge >= 0.3 is 18.2 Å². The molecule has 0 aromatic heterocycles. The first-order chi connectivity index (χ1) is 8.78. The number of rotatable bonds is 4. The maximum atomic E-state index is 11.9. The third kappa shape index (κ3) is 6.27. The van der Waals surface area contributed by atoms with Crippen molar-refractivity contribution in [2.24, 2.45) is 0 Å². The van der Waals surface area contributed by atoms with E-state index in [1.807, 2.05) is 0 Å². The average Bonchev–Trinajstić information content (AvgIpc) is 2.26. The quantitative estimate of drug-likeness (QED) is 0.801. The summed E-state index contributed by atoms with van der Waals surface area (Å²) in [5.74, 6) is -1.05. The molecule has 9 heteroatoms. The fourth-order valence-electron chi connectivity index (χ4n) is 1.65. The van der Waals surface area contributed by atoms with Crippen molar-refractivity contribution in [3.63, 3.8) is 0 Å². The lowest BCUT2D eigenvalue weighted by atomic mass is 10.2. The molecule has 0 aliphatic carbocycles. The molecule has 2 N–H and O–H groups in total. The van der Waals surface area contributed by atoms with E-state index in [2.05, 4.69) is 5.32 Å². The van der Waals surface area contributed by atoms with Crippen LogP contribution in [0.15, 0.2) is 0 Å². The number of carbonyl (C=O) groups is 2. The lowest BCUT2D eigenvalue weighted by molar-refractivity contribution is -0.142. The van der Waals surface area contributed by atoms with Gasteiger partial charge in [0.25, 0.3) is 0 Å². The van der Waals surface area contributed by atoms with Crippen LogP contribution >= 0.6 is 0 Å². The van der Waals surface area contributed by atoms with Gasteiger partial charge in [-0.15, -0.1) is 0 Å². The van der Waals surface area contributed by atoms with Crippen LogP contribution < -0.4 is 5.32 Å². The van der Waals surface area contributed by atoms with Gasteiger partial charge in [-0.25, -0.2) is 4.79 Å². The van der Waals surface area contributed by atoms with Gasteiger partial charge in [-0.3, -0.25) is 4.79 Å². The van der Waals surface area contributed by atoms with E-state index in [9.17, 15) is 22.8 Å². The summed E-state index contributed by atoms with van der Waals surface area (Å²) in [6.45, 7) is -0.0357. The van der Waals surface area contributed by atoms with Gasteiger partial charge in [0.2, 0.25) is 0 Å². The van der Waals surface area contributed by atoms with Crippen molar-refractivity contribution in [1.29, 1.82) is 0 Å². The minimum Gasteiger partial charge on any atom is -0.481 e. The summed E-state index contributed by atoms with van der Waals surface area (Å²) in [4.78, 5) is 23.3. The van der Waals surface area contributed by atoms with Crippen LogP contribution in [-0.2, 0) is 9.53 Å². The molecule has 1 unspecified atom stereocenters. The second-order valence-electron chi connectivity index (χ2n) is 4.13. The number of urea groups is 1. The second kappa shape index (κ2) is 6.60. The molecular formula is C10H15F3N2O4. The van der Waals surface area contributed by atoms with E-state index in [0.717, 1.165) is 0 Å². The van der Waals surface area contributed by atoms with E-state index in [-0.39, 0.29) is 26.1 Å². The molecule has 1 aliphatic heterocycles. The molecule has 0 aromatic carbocycles. The van der Waals surface area contributed by atoms with Gasteiger partial charge < -0.3 is 20.1 Å². The molecule has 1 fully saturated rings. The molecule has 1 heterocycles. The molecule has 0 bridgehead atoms. The van der Waals surface area contributed by atoms with E-state index in [0.29, 0.717) is 0 Å². The molecular weight excluding hydrogens is 269 g/mol. The van der Waals surface area contributed by atoms with Crippen LogP contribution in [0.4, 0.5) is 18.0 Å². The number of nitrogens with zero attached hydrogens (tertiary/aromatic N) is 1. The zero-order chi connectivity index (χ0) is 14.5. The molecule has 110 valence electrons. The summed E-state index contributed by atoms with van der Waals surface area (Å²) in [6, 6.07) is -0.636. The minimum atomic E-state index is -4.32. The van der Waals surface area contributed by atoms with Gasteiger partial charge in [0.15, 0.2) is 0 Å². The highest BCUT2D eigenvalue weighted by molar-refractivity contribution is 5.74. The summed E-state index contributed by atoms with van der Waals surface area (Å²) < 4.78 is 40.9. The Morgan fingerprint density at radius 2 is 2.11 bits per heavy atom. The fraction of sp³-hybridized carbons (Fsp3) is 0.800. The van der Waals surface area contributed by atoms with Gasteiger partial charge in [0.1, 0.15) is 0 Å². The van der Waals surface area contributed by atoms with Crippen LogP contribution in [0, 0.1) is 0 Å². The van der Waals surface area contributed by atoms with Crippen molar-refractivity contribution >= 4 is 12.0 Å². The van der Waals surface area contributed by atoms with Crippen molar-refractivity contribution < 1.29 is 32.6 Å². The summed E-state index contributed by atoms with van der Waals surface area (Å²) in [6.07, 6.45) is -6.28. The van der Waals surface area contributed by atoms with Gasteiger partial charge in [0.05, 0.1) is 25.6 Å². The Kier molecular flexibility index (Phi) is 5.40. The topological polar surface area (TPSA) is 78.9 Å². The van der Waals surface area contributed by atoms with Crippen LogP contribution in [0.5, 0.6) is 0 Å². The van der Waals surface area contributed by atoms with Crippen molar-refractivity contribution in [2.75, 3.05) is 26.2 Å². The number of halogens is 3. The summed E-state index contributed by atoms with van der Waals surface area (Å²) >= 11 is 0. The van der Waals surface area contributed by atoms with Crippen molar-refractivity contribution in [3.8, 4) is 0 Å². The Balaban J connectivity index is 2.33. The first kappa shape index (κ1) is 15.5. The summed E-state index contributed by atoms with van der Waals surface area (Å²) in [5, 5.41) is 10.7. The number of nitrogens with one attached hydrogen (secondary N) is 1. The maximum absolute atomic E-state index is 11.9. The van der Waals surface area contributed by atoms with Crippen LogP contribution in [0.1, 0.15) is 12.8 Å². The Labute approximate surface area is 107 Å². The fourth-order valence-corrected chi connectivity index (χ4v) is 1.65. The highest BCUT2D eigenvalue weighted by atomic mass is 19.4. The van der Waals surface area contributed by atoms with Crippen LogP contribution in [0.2, 0.25) is 0 Å². The molecule has 0 aromatic rings. The molecule has 1 aliphatic rings. The van der Waals surface area contributed by atoms with E-state index in [1.54, 1.807) is 0 Å². The van der Waals surface area contributed by atoms with Gasteiger partial charge in [-0.1, -0.05) is 0 Å². The largest absolute Gasteiger partial charge is 0.481 e. The SMILES string of the molecule is O=C(O)CC1CN(C(=O)NCCC(F)(F)F)CCO1. The summed E-state index contributed by atoms with van der Waals surface area (Å²) in [7, 11) is 0. The number of amides is 2. The minimum absolute atomic E-state index is 0.0597. The number of alkyl halides is 3. The monoisotopic (exact) mass is 284 g/mol. The maximum Gasteiger partial charge on any atom is 0.390 e. The third-order valence-electron chi connectivity index (χ3n) is 2.51. The zero-order valence-corrected chi connectivity index (χ0v) is 10.1. The number of hydrogen-bond acceptors (Lipinski definition) is 3. The Morgan fingerprint density at radius 1 is 1.42 bits per heavy atom. The van der Waals surface area contributed by atoms with Crippen LogP contribution in [0.3, 0.4) is 0 Å². The normalized spacial score (nSPS) is 20.2. The number of morpholine rings is 1. The molecule has 0 saturated carbocycles. The molecule has 1 rings (SSSR count). The molecule has 0 spiro atoms. The summed E-state index contributed by atoms with van der Waals surface area (Å²) in [5.41, 5.74) is 0. The lowest BCUT2D eigenvalue weighted by Crippen LogP contribution is -2.50. The van der Waals surface area contributed by atoms with Gasteiger partial charge in [-0.05, 0) is 0 Å². The zero-order valence-electron chi connectivity index (χ0n) is 10.1. The molecule has 2 amide bonds. The highest BCUT2D eigenvalue weighted by Gasteiger charge is 2.28. The molecule has 0 radical (unpaired) electrons. The van der Waals surface area contributed by atoms with E-state index in [4.69, 9.17) is 9.84 Å². The third-order valence-corrected chi connectivity index (χ3v) is 2.51. The van der Waals surface area contributed by atoms with Crippen LogP contribution in [0.25, 0.3) is 0 Å². The number of ether oxygens (including phenoxy) is 1. The Morgan fingerprint density at radius 3 is 2.68 bits per heavy atom. The standard InChI is InChI=1S/C10H15F3N2O4/c11-10(12,13)1-2-14-9(18)15-3-4-19-7(6-15)5-8(16)17/h7H,1-6H2,(H,14,18)(H,16,17). The molecule has 6 nitrogen and oxygen atoms in total. The predicted octanol–water partition coefficient (Wildman–Crippen LogP) is 0.824. The number of aliphatic carboxylic acids is 1. The first-order valence-electron chi connectivity index (χ1n) is 5.71. The number of carboxylic acid groups (broad SMARTS) is 1. The molecule has 1 atom stereocenters. The van der Waals surface area contributed by atoms with E-state index in [1.165, 1.54) is 4.90 Å². The van der Waals surface area contributed by atoms with Gasteiger partial charge in [-0.2, -0.15) is 13.2 Å². The number of hydrogen-bond donors (Lipinski definition) is 2. The second-order valence-corrected chi connectivity index (χ2v) is 4.13. The first-order valence-corrected chi connectivity index (χ1v) is 5.71. The number of carboxylic acids is 1. The van der Waals surface area contributed by atoms with E-state index >= 15 is 0 Å². The van der Waals surface area contributed by atoms with E-state index < -0.39 is 37.2 Å². The Bertz CT molecular complexity index is 335. The van der Waals surface area contributed by atoms with Crippen molar-refractivity contribution in [1.82, 2.24) is 10.2 Å². The highest BCUT2D eigenvalue weighted by Crippen LogP contribution is 2.18. The Hall–Kier alpha value is -1.51. The molecule has 1 saturated heterocycles. The van der Waals surface area contributed by atoms with Gasteiger partial charge in [0, 0.05) is 19.6 Å². The van der Waals surface area contributed by atoms with Crippen molar-refractivity contribution in [3.05, 3.63) is 0 Å². The van der Waals surface area contributed by atoms with Crippen molar-refractivity contribution in [2.45, 2.75) is 25.1 Å². The lowest BCUT2D eigenvalue weighted by Gasteiger charge is -2.32. The number of carbonyl (C=O) groups excluding carboxylic acids is 1. The average molecular weight is 284 g/mol. The molecule has 19 heavy (non-hydrogen) atoms. The predicted molar refractivity (Wildman–Crippen MR) is 57.6 cm³/mol. The smallest absolute Gasteiger partial charge is 0.390 e.